The first-order valence-electron chi connectivity index (χ1n) is 5.70. The number of benzene rings is 2. The van der Waals surface area contributed by atoms with Crippen molar-refractivity contribution in [2.75, 3.05) is 0 Å². The van der Waals surface area contributed by atoms with Crippen LogP contribution in [-0.4, -0.2) is 11.1 Å². The zero-order valence-electron chi connectivity index (χ0n) is 10.5. The molecule has 0 saturated carbocycles. The van der Waals surface area contributed by atoms with Crippen LogP contribution in [-0.2, 0) is 0 Å². The molecule has 0 aliphatic carbocycles. The molecule has 0 unspecified atom stereocenters. The van der Waals surface area contributed by atoms with Crippen molar-refractivity contribution < 1.29 is 18.7 Å². The second kappa shape index (κ2) is 4.80. The molecule has 1 N–H and O–H groups in total. The minimum absolute atomic E-state index is 0.0325. The molecule has 0 spiro atoms. The third-order valence-electron chi connectivity index (χ3n) is 2.93. The number of carboxylic acids is 1. The first-order chi connectivity index (χ1) is 8.91. The van der Waals surface area contributed by atoms with Crippen LogP contribution in [0, 0.1) is 25.5 Å². The van der Waals surface area contributed by atoms with Gasteiger partial charge in [0.1, 0.15) is 11.6 Å². The van der Waals surface area contributed by atoms with E-state index >= 15 is 0 Å². The summed E-state index contributed by atoms with van der Waals surface area (Å²) in [7, 11) is 0. The number of hydrogen-bond acceptors (Lipinski definition) is 1. The van der Waals surface area contributed by atoms with Crippen LogP contribution < -0.4 is 0 Å². The summed E-state index contributed by atoms with van der Waals surface area (Å²) >= 11 is 0. The molecule has 0 amide bonds. The van der Waals surface area contributed by atoms with Crippen LogP contribution in [0.4, 0.5) is 8.78 Å². The van der Waals surface area contributed by atoms with Gasteiger partial charge < -0.3 is 5.11 Å². The lowest BCUT2D eigenvalue weighted by Gasteiger charge is -2.11. The summed E-state index contributed by atoms with van der Waals surface area (Å²) in [6.07, 6.45) is 0. The highest BCUT2D eigenvalue weighted by Crippen LogP contribution is 2.31. The molecule has 0 atom stereocenters. The molecule has 0 aliphatic heterocycles. The van der Waals surface area contributed by atoms with Gasteiger partial charge in [0, 0.05) is 11.1 Å². The Bertz CT molecular complexity index is 640. The van der Waals surface area contributed by atoms with Crippen molar-refractivity contribution in [3.63, 3.8) is 0 Å². The molecule has 0 aromatic heterocycles. The van der Waals surface area contributed by atoms with E-state index in [-0.39, 0.29) is 11.1 Å². The van der Waals surface area contributed by atoms with Crippen molar-refractivity contribution in [3.8, 4) is 11.1 Å². The molecule has 4 heteroatoms. The second-order valence-electron chi connectivity index (χ2n) is 4.41. The van der Waals surface area contributed by atoms with Gasteiger partial charge in [-0.3, -0.25) is 0 Å². The van der Waals surface area contributed by atoms with Gasteiger partial charge in [0.15, 0.2) is 0 Å². The molecule has 0 bridgehead atoms. The van der Waals surface area contributed by atoms with E-state index in [2.05, 4.69) is 0 Å². The molecule has 19 heavy (non-hydrogen) atoms. The Labute approximate surface area is 109 Å². The molecule has 0 heterocycles. The van der Waals surface area contributed by atoms with Crippen LogP contribution in [0.25, 0.3) is 11.1 Å². The minimum Gasteiger partial charge on any atom is -0.478 e. The van der Waals surface area contributed by atoms with Gasteiger partial charge in [0.2, 0.25) is 0 Å². The fourth-order valence-electron chi connectivity index (χ4n) is 2.15. The van der Waals surface area contributed by atoms with Gasteiger partial charge in [-0.25, -0.2) is 13.6 Å². The SMILES string of the molecule is Cc1cc(C)c(-c2cccc(C(=O)O)c2F)c(F)c1. The smallest absolute Gasteiger partial charge is 0.338 e. The largest absolute Gasteiger partial charge is 0.478 e. The summed E-state index contributed by atoms with van der Waals surface area (Å²) in [5.41, 5.74) is 0.908. The lowest BCUT2D eigenvalue weighted by atomic mass is 9.96. The average Bonchev–Trinajstić information content (AvgIpc) is 2.29. The number of aromatic carboxylic acids is 1. The fourth-order valence-corrected chi connectivity index (χ4v) is 2.15. The van der Waals surface area contributed by atoms with Crippen molar-refractivity contribution in [3.05, 3.63) is 58.7 Å². The molecule has 2 rings (SSSR count). The van der Waals surface area contributed by atoms with E-state index in [1.54, 1.807) is 19.9 Å². The standard InChI is InChI=1S/C15H12F2O2/c1-8-6-9(2)13(12(16)7-8)10-4-3-5-11(14(10)17)15(18)19/h3-7H,1-2H3,(H,18,19). The number of aryl methyl sites for hydroxylation is 2. The third-order valence-corrected chi connectivity index (χ3v) is 2.93. The fraction of sp³-hybridized carbons (Fsp3) is 0.133. The van der Waals surface area contributed by atoms with Gasteiger partial charge >= 0.3 is 5.97 Å². The van der Waals surface area contributed by atoms with Crippen molar-refractivity contribution >= 4 is 5.97 Å². The minimum atomic E-state index is -1.37. The topological polar surface area (TPSA) is 37.3 Å². The maximum Gasteiger partial charge on any atom is 0.338 e. The van der Waals surface area contributed by atoms with E-state index in [0.717, 1.165) is 11.6 Å². The normalized spacial score (nSPS) is 10.5. The van der Waals surface area contributed by atoms with Crippen LogP contribution >= 0.6 is 0 Å². The van der Waals surface area contributed by atoms with Gasteiger partial charge in [-0.05, 0) is 37.1 Å². The quantitative estimate of drug-likeness (QED) is 0.889. The summed E-state index contributed by atoms with van der Waals surface area (Å²) in [6, 6.07) is 6.96. The molecular formula is C15H12F2O2. The van der Waals surface area contributed by atoms with Gasteiger partial charge in [-0.1, -0.05) is 18.2 Å². The summed E-state index contributed by atoms with van der Waals surface area (Å²) in [5.74, 6) is -2.84. The van der Waals surface area contributed by atoms with Crippen molar-refractivity contribution in [2.45, 2.75) is 13.8 Å². The van der Waals surface area contributed by atoms with Gasteiger partial charge in [0.25, 0.3) is 0 Å². The molecule has 0 aliphatic rings. The van der Waals surface area contributed by atoms with Crippen LogP contribution in [0.2, 0.25) is 0 Å². The Kier molecular flexibility index (Phi) is 3.34. The van der Waals surface area contributed by atoms with Crippen molar-refractivity contribution in [2.24, 2.45) is 0 Å². The van der Waals surface area contributed by atoms with E-state index in [1.165, 1.54) is 18.2 Å². The predicted octanol–water partition coefficient (Wildman–Crippen LogP) is 3.95. The lowest BCUT2D eigenvalue weighted by Crippen LogP contribution is -2.03. The summed E-state index contributed by atoms with van der Waals surface area (Å²) < 4.78 is 28.1. The first kappa shape index (κ1) is 13.2. The highest BCUT2D eigenvalue weighted by atomic mass is 19.1. The number of halogens is 2. The zero-order chi connectivity index (χ0) is 14.2. The average molecular weight is 262 g/mol. The number of rotatable bonds is 2. The Hall–Kier alpha value is -2.23. The zero-order valence-corrected chi connectivity index (χ0v) is 10.5. The third kappa shape index (κ3) is 2.34. The van der Waals surface area contributed by atoms with Gasteiger partial charge in [0.05, 0.1) is 5.56 Å². The summed E-state index contributed by atoms with van der Waals surface area (Å²) in [5, 5.41) is 8.89. The Morgan fingerprint density at radius 3 is 2.42 bits per heavy atom. The van der Waals surface area contributed by atoms with E-state index in [9.17, 15) is 13.6 Å². The molecule has 2 nitrogen and oxygen atoms in total. The number of carboxylic acid groups (broad SMARTS) is 1. The van der Waals surface area contributed by atoms with E-state index < -0.39 is 23.2 Å². The lowest BCUT2D eigenvalue weighted by molar-refractivity contribution is 0.0692. The molecule has 0 radical (unpaired) electrons. The van der Waals surface area contributed by atoms with E-state index in [1.807, 2.05) is 0 Å². The van der Waals surface area contributed by atoms with Crippen LogP contribution in [0.5, 0.6) is 0 Å². The maximum absolute atomic E-state index is 14.1. The molecule has 0 saturated heterocycles. The predicted molar refractivity (Wildman–Crippen MR) is 68.2 cm³/mol. The Morgan fingerprint density at radius 2 is 1.84 bits per heavy atom. The first-order valence-corrected chi connectivity index (χ1v) is 5.70. The van der Waals surface area contributed by atoms with Gasteiger partial charge in [-0.15, -0.1) is 0 Å². The molecule has 0 fully saturated rings. The van der Waals surface area contributed by atoms with Gasteiger partial charge in [-0.2, -0.15) is 0 Å². The molecule has 2 aromatic carbocycles. The molecule has 98 valence electrons. The maximum atomic E-state index is 14.1. The Morgan fingerprint density at radius 1 is 1.16 bits per heavy atom. The summed E-state index contributed by atoms with van der Waals surface area (Å²) in [4.78, 5) is 10.9. The molecule has 2 aromatic rings. The van der Waals surface area contributed by atoms with Crippen LogP contribution in [0.3, 0.4) is 0 Å². The number of carbonyl (C=O) groups is 1. The van der Waals surface area contributed by atoms with Crippen LogP contribution in [0.1, 0.15) is 21.5 Å². The highest BCUT2D eigenvalue weighted by Gasteiger charge is 2.18. The van der Waals surface area contributed by atoms with Crippen molar-refractivity contribution in [1.82, 2.24) is 0 Å². The highest BCUT2D eigenvalue weighted by molar-refractivity contribution is 5.90. The van der Waals surface area contributed by atoms with E-state index in [4.69, 9.17) is 5.11 Å². The molecular weight excluding hydrogens is 250 g/mol. The summed E-state index contributed by atoms with van der Waals surface area (Å²) in [6.45, 7) is 3.40. The Balaban J connectivity index is 2.73. The number of hydrogen-bond donors (Lipinski definition) is 1. The van der Waals surface area contributed by atoms with Crippen LogP contribution in [0.15, 0.2) is 30.3 Å². The monoisotopic (exact) mass is 262 g/mol. The second-order valence-corrected chi connectivity index (χ2v) is 4.41. The van der Waals surface area contributed by atoms with Crippen molar-refractivity contribution in [1.29, 1.82) is 0 Å². The van der Waals surface area contributed by atoms with E-state index in [0.29, 0.717) is 5.56 Å².